The lowest BCUT2D eigenvalue weighted by Crippen LogP contribution is -2.07. The van der Waals surface area contributed by atoms with Gasteiger partial charge in [-0.1, -0.05) is 0 Å². The molecule has 2 heterocycles. The Kier molecular flexibility index (Phi) is 4.92. The number of nitrogens with zero attached hydrogens (tertiary/aromatic N) is 3. The van der Waals surface area contributed by atoms with Crippen LogP contribution in [0, 0.1) is 3.57 Å². The molecule has 138 valence electrons. The second-order valence-corrected chi connectivity index (χ2v) is 7.54. The van der Waals surface area contributed by atoms with Crippen molar-refractivity contribution in [3.8, 4) is 0 Å². The molecule has 0 unspecified atom stereocenters. The standard InChI is InChI=1S/C18H18IN7O/c1-10(27)21-12-4-5-13(19)15(8-12)22-18-20-7-6-16(24-18)23-17-9-14(25-26-17)11-2-3-11/h4-9,11H,2-3H2,1H3,(H,21,27)(H3,20,22,23,24,25,26). The number of H-pyrrole nitrogens is 1. The number of carbonyl (C=O) groups is 1. The molecule has 1 aliphatic carbocycles. The zero-order valence-electron chi connectivity index (χ0n) is 14.6. The normalized spacial score (nSPS) is 13.3. The number of rotatable bonds is 6. The van der Waals surface area contributed by atoms with Gasteiger partial charge in [-0.2, -0.15) is 10.1 Å². The van der Waals surface area contributed by atoms with Gasteiger partial charge in [0.15, 0.2) is 5.82 Å². The van der Waals surface area contributed by atoms with Crippen LogP contribution in [0.3, 0.4) is 0 Å². The largest absolute Gasteiger partial charge is 0.326 e. The number of aromatic nitrogens is 4. The number of hydrogen-bond acceptors (Lipinski definition) is 6. The van der Waals surface area contributed by atoms with E-state index in [2.05, 4.69) is 58.7 Å². The van der Waals surface area contributed by atoms with Crippen LogP contribution in [-0.4, -0.2) is 26.1 Å². The first-order valence-corrected chi connectivity index (χ1v) is 9.64. The van der Waals surface area contributed by atoms with Crippen LogP contribution in [0.25, 0.3) is 0 Å². The topological polar surface area (TPSA) is 108 Å². The predicted octanol–water partition coefficient (Wildman–Crippen LogP) is 4.13. The molecule has 2 aromatic heterocycles. The Morgan fingerprint density at radius 3 is 2.81 bits per heavy atom. The Hall–Kier alpha value is -2.69. The van der Waals surface area contributed by atoms with Crippen molar-refractivity contribution in [3.05, 3.63) is 45.8 Å². The van der Waals surface area contributed by atoms with Crippen molar-refractivity contribution in [2.75, 3.05) is 16.0 Å². The molecular formula is C18H18IN7O. The molecule has 1 amide bonds. The number of carbonyl (C=O) groups excluding carboxylic acids is 1. The first kappa shape index (κ1) is 17.7. The van der Waals surface area contributed by atoms with Crippen molar-refractivity contribution in [1.82, 2.24) is 20.2 Å². The Bertz CT molecular complexity index is 983. The molecule has 0 spiro atoms. The van der Waals surface area contributed by atoms with E-state index >= 15 is 0 Å². The molecular weight excluding hydrogens is 457 g/mol. The fourth-order valence-corrected chi connectivity index (χ4v) is 3.12. The molecule has 9 heteroatoms. The summed E-state index contributed by atoms with van der Waals surface area (Å²) in [5.74, 6) is 2.34. The molecule has 0 saturated heterocycles. The molecule has 27 heavy (non-hydrogen) atoms. The third-order valence-corrected chi connectivity index (χ3v) is 5.00. The van der Waals surface area contributed by atoms with Crippen LogP contribution in [0.5, 0.6) is 0 Å². The molecule has 1 aliphatic rings. The van der Waals surface area contributed by atoms with Gasteiger partial charge in [-0.15, -0.1) is 0 Å². The average molecular weight is 475 g/mol. The third-order valence-electron chi connectivity index (χ3n) is 4.06. The highest BCUT2D eigenvalue weighted by Crippen LogP contribution is 2.39. The summed E-state index contributed by atoms with van der Waals surface area (Å²) in [5.41, 5.74) is 2.69. The van der Waals surface area contributed by atoms with Gasteiger partial charge in [0.2, 0.25) is 11.9 Å². The Labute approximate surface area is 169 Å². The van der Waals surface area contributed by atoms with Crippen molar-refractivity contribution >= 4 is 57.5 Å². The predicted molar refractivity (Wildman–Crippen MR) is 113 cm³/mol. The fraction of sp³-hybridized carbons (Fsp3) is 0.222. The molecule has 8 nitrogen and oxygen atoms in total. The lowest BCUT2D eigenvalue weighted by molar-refractivity contribution is -0.114. The van der Waals surface area contributed by atoms with Crippen molar-refractivity contribution in [2.24, 2.45) is 0 Å². The highest BCUT2D eigenvalue weighted by Gasteiger charge is 2.25. The molecule has 3 aromatic rings. The van der Waals surface area contributed by atoms with Crippen LogP contribution in [0.15, 0.2) is 36.5 Å². The highest BCUT2D eigenvalue weighted by atomic mass is 127. The number of amides is 1. The molecule has 4 rings (SSSR count). The fourth-order valence-electron chi connectivity index (χ4n) is 2.65. The number of benzene rings is 1. The summed E-state index contributed by atoms with van der Waals surface area (Å²) in [6.45, 7) is 1.48. The van der Waals surface area contributed by atoms with Gasteiger partial charge in [-0.05, 0) is 59.7 Å². The smallest absolute Gasteiger partial charge is 0.229 e. The summed E-state index contributed by atoms with van der Waals surface area (Å²) in [6, 6.07) is 9.42. The van der Waals surface area contributed by atoms with E-state index < -0.39 is 0 Å². The lowest BCUT2D eigenvalue weighted by Gasteiger charge is -2.11. The van der Waals surface area contributed by atoms with E-state index in [9.17, 15) is 4.79 Å². The van der Waals surface area contributed by atoms with Crippen molar-refractivity contribution in [3.63, 3.8) is 0 Å². The second-order valence-electron chi connectivity index (χ2n) is 6.37. The average Bonchev–Trinajstić information content (AvgIpc) is 3.38. The summed E-state index contributed by atoms with van der Waals surface area (Å²) in [7, 11) is 0. The monoisotopic (exact) mass is 475 g/mol. The van der Waals surface area contributed by atoms with E-state index in [1.165, 1.54) is 19.8 Å². The SMILES string of the molecule is CC(=O)Nc1ccc(I)c(Nc2nccc(Nc3cc(C4CC4)[nH]n3)n2)c1. The van der Waals surface area contributed by atoms with E-state index in [-0.39, 0.29) is 5.91 Å². The van der Waals surface area contributed by atoms with Crippen LogP contribution in [0.1, 0.15) is 31.4 Å². The first-order valence-electron chi connectivity index (χ1n) is 8.56. The van der Waals surface area contributed by atoms with Gasteiger partial charge in [-0.25, -0.2) is 4.98 Å². The maximum absolute atomic E-state index is 11.3. The van der Waals surface area contributed by atoms with Gasteiger partial charge in [0, 0.05) is 40.1 Å². The summed E-state index contributed by atoms with van der Waals surface area (Å²) in [6.07, 6.45) is 4.12. The van der Waals surface area contributed by atoms with E-state index in [1.54, 1.807) is 12.3 Å². The van der Waals surface area contributed by atoms with Gasteiger partial charge in [0.05, 0.1) is 5.69 Å². The summed E-state index contributed by atoms with van der Waals surface area (Å²) in [4.78, 5) is 20.0. The zero-order chi connectivity index (χ0) is 18.8. The van der Waals surface area contributed by atoms with E-state index in [0.717, 1.165) is 20.8 Å². The second kappa shape index (κ2) is 7.51. The van der Waals surface area contributed by atoms with Crippen molar-refractivity contribution < 1.29 is 4.79 Å². The first-order chi connectivity index (χ1) is 13.1. The van der Waals surface area contributed by atoms with Gasteiger partial charge in [0.1, 0.15) is 5.82 Å². The summed E-state index contributed by atoms with van der Waals surface area (Å²) >= 11 is 2.22. The molecule has 1 aromatic carbocycles. The lowest BCUT2D eigenvalue weighted by atomic mass is 10.2. The molecule has 1 fully saturated rings. The van der Waals surface area contributed by atoms with E-state index in [1.807, 2.05) is 24.3 Å². The Morgan fingerprint density at radius 2 is 2.04 bits per heavy atom. The minimum atomic E-state index is -0.117. The summed E-state index contributed by atoms with van der Waals surface area (Å²) < 4.78 is 0.991. The van der Waals surface area contributed by atoms with Crippen LogP contribution >= 0.6 is 22.6 Å². The molecule has 0 radical (unpaired) electrons. The van der Waals surface area contributed by atoms with Gasteiger partial charge >= 0.3 is 0 Å². The number of hydrogen-bond donors (Lipinski definition) is 4. The van der Waals surface area contributed by atoms with Gasteiger partial charge in [-0.3, -0.25) is 9.89 Å². The van der Waals surface area contributed by atoms with Gasteiger partial charge < -0.3 is 16.0 Å². The highest BCUT2D eigenvalue weighted by molar-refractivity contribution is 14.1. The Balaban J connectivity index is 1.49. The molecule has 1 saturated carbocycles. The number of halogens is 1. The van der Waals surface area contributed by atoms with Gasteiger partial charge in [0.25, 0.3) is 0 Å². The maximum atomic E-state index is 11.3. The van der Waals surface area contributed by atoms with Crippen molar-refractivity contribution in [1.29, 1.82) is 0 Å². The molecule has 0 atom stereocenters. The molecule has 4 N–H and O–H groups in total. The van der Waals surface area contributed by atoms with Crippen LogP contribution in [0.2, 0.25) is 0 Å². The number of anilines is 5. The number of aromatic amines is 1. The van der Waals surface area contributed by atoms with Crippen LogP contribution in [0.4, 0.5) is 29.0 Å². The van der Waals surface area contributed by atoms with E-state index in [0.29, 0.717) is 23.4 Å². The zero-order valence-corrected chi connectivity index (χ0v) is 16.7. The maximum Gasteiger partial charge on any atom is 0.229 e. The number of nitrogens with one attached hydrogen (secondary N) is 4. The Morgan fingerprint density at radius 1 is 1.19 bits per heavy atom. The minimum Gasteiger partial charge on any atom is -0.326 e. The molecule has 0 aliphatic heterocycles. The molecule has 0 bridgehead atoms. The third kappa shape index (κ3) is 4.54. The van der Waals surface area contributed by atoms with Crippen LogP contribution in [-0.2, 0) is 4.79 Å². The summed E-state index contributed by atoms with van der Waals surface area (Å²) in [5, 5.41) is 16.5. The van der Waals surface area contributed by atoms with E-state index in [4.69, 9.17) is 0 Å². The quantitative estimate of drug-likeness (QED) is 0.400. The van der Waals surface area contributed by atoms with Crippen LogP contribution < -0.4 is 16.0 Å². The minimum absolute atomic E-state index is 0.117. The van der Waals surface area contributed by atoms with Crippen molar-refractivity contribution in [2.45, 2.75) is 25.7 Å².